The van der Waals surface area contributed by atoms with Crippen molar-refractivity contribution in [1.82, 2.24) is 5.32 Å². The predicted molar refractivity (Wildman–Crippen MR) is 89.4 cm³/mol. The predicted octanol–water partition coefficient (Wildman–Crippen LogP) is 3.45. The number of aliphatic hydroxyl groups is 1. The second kappa shape index (κ2) is 8.28. The van der Waals surface area contributed by atoms with Crippen molar-refractivity contribution in [2.24, 2.45) is 5.92 Å². The summed E-state index contributed by atoms with van der Waals surface area (Å²) < 4.78 is 6.15. The highest BCUT2D eigenvalue weighted by Crippen LogP contribution is 2.39. The summed E-state index contributed by atoms with van der Waals surface area (Å²) in [6.07, 6.45) is 4.98. The Morgan fingerprint density at radius 1 is 1.43 bits per heavy atom. The molecule has 0 bridgehead atoms. The molecule has 1 aromatic carbocycles. The fourth-order valence-electron chi connectivity index (χ4n) is 3.24. The molecule has 1 aromatic rings. The van der Waals surface area contributed by atoms with Gasteiger partial charge in [0.05, 0.1) is 5.60 Å². The Balaban J connectivity index is 2.15. The number of rotatable bonds is 7. The van der Waals surface area contributed by atoms with E-state index >= 15 is 0 Å². The number of methoxy groups -OCH3 is 1. The highest BCUT2D eigenvalue weighted by atomic mass is 79.9. The van der Waals surface area contributed by atoms with Gasteiger partial charge in [-0.2, -0.15) is 0 Å². The number of hydrogen-bond acceptors (Lipinski definition) is 3. The second-order valence-corrected chi connectivity index (χ2v) is 6.84. The molecule has 0 saturated carbocycles. The second-order valence-electron chi connectivity index (χ2n) is 5.93. The maximum absolute atomic E-state index is 11.4. The first-order valence-electron chi connectivity index (χ1n) is 7.85. The van der Waals surface area contributed by atoms with Crippen LogP contribution in [-0.4, -0.2) is 31.9 Å². The van der Waals surface area contributed by atoms with Gasteiger partial charge in [0.1, 0.15) is 0 Å². The van der Waals surface area contributed by atoms with E-state index in [9.17, 15) is 5.11 Å². The van der Waals surface area contributed by atoms with Crippen LogP contribution in [0.3, 0.4) is 0 Å². The summed E-state index contributed by atoms with van der Waals surface area (Å²) in [5.74, 6) is 0.281. The quantitative estimate of drug-likeness (QED) is 0.736. The van der Waals surface area contributed by atoms with Crippen molar-refractivity contribution in [2.75, 3.05) is 26.8 Å². The number of unbranched alkanes of at least 4 members (excludes halogenated alkanes) is 1. The summed E-state index contributed by atoms with van der Waals surface area (Å²) in [4.78, 5) is 0. The Hall–Kier alpha value is -0.420. The summed E-state index contributed by atoms with van der Waals surface area (Å²) in [5.41, 5.74) is 0.285. The van der Waals surface area contributed by atoms with Crippen LogP contribution in [0.4, 0.5) is 0 Å². The molecule has 2 atom stereocenters. The lowest BCUT2D eigenvalue weighted by molar-refractivity contribution is -0.0434. The van der Waals surface area contributed by atoms with Crippen molar-refractivity contribution in [3.05, 3.63) is 34.3 Å². The molecule has 0 aliphatic carbocycles. The molecule has 1 aliphatic heterocycles. The summed E-state index contributed by atoms with van der Waals surface area (Å²) in [5, 5.41) is 14.9. The minimum Gasteiger partial charge on any atom is -0.385 e. The van der Waals surface area contributed by atoms with Crippen LogP contribution in [0.15, 0.2) is 28.7 Å². The van der Waals surface area contributed by atoms with Gasteiger partial charge in [-0.25, -0.2) is 0 Å². The molecule has 1 saturated heterocycles. The van der Waals surface area contributed by atoms with Crippen molar-refractivity contribution in [3.8, 4) is 0 Å². The normalized spacial score (nSPS) is 22.0. The molecule has 2 rings (SSSR count). The van der Waals surface area contributed by atoms with E-state index < -0.39 is 5.60 Å². The van der Waals surface area contributed by atoms with Crippen LogP contribution in [0.2, 0.25) is 0 Å². The Labute approximate surface area is 136 Å². The fraction of sp³-hybridized carbons (Fsp3) is 0.647. The molecular formula is C17H26BrNO2. The molecule has 0 radical (unpaired) electrons. The maximum atomic E-state index is 11.4. The summed E-state index contributed by atoms with van der Waals surface area (Å²) in [7, 11) is 1.73. The van der Waals surface area contributed by atoms with Crippen molar-refractivity contribution >= 4 is 15.9 Å². The molecule has 1 aliphatic rings. The third kappa shape index (κ3) is 4.52. The average Bonchev–Trinajstić information content (AvgIpc) is 2.52. The van der Waals surface area contributed by atoms with Gasteiger partial charge in [0.2, 0.25) is 0 Å². The standard InChI is InChI=1S/C17H26BrNO2/c1-21-11-3-2-9-17(20,15-7-5-10-19-13-15)14-6-4-8-16(18)12-14/h4,6,8,12,15,19-20H,2-3,5,7,9-11,13H2,1H3/t15-,17-/m1/s1. The summed E-state index contributed by atoms with van der Waals surface area (Å²) in [6, 6.07) is 8.13. The third-order valence-corrected chi connectivity index (χ3v) is 4.95. The van der Waals surface area contributed by atoms with Gasteiger partial charge in [-0.1, -0.05) is 28.1 Å². The van der Waals surface area contributed by atoms with Crippen LogP contribution in [0.1, 0.15) is 37.7 Å². The molecule has 1 fully saturated rings. The van der Waals surface area contributed by atoms with Gasteiger partial charge in [0.15, 0.2) is 0 Å². The zero-order chi connectivity index (χ0) is 15.1. The highest BCUT2D eigenvalue weighted by Gasteiger charge is 2.38. The number of halogens is 1. The molecule has 21 heavy (non-hydrogen) atoms. The van der Waals surface area contributed by atoms with Crippen LogP contribution in [0.25, 0.3) is 0 Å². The zero-order valence-electron chi connectivity index (χ0n) is 12.8. The van der Waals surface area contributed by atoms with E-state index in [2.05, 4.69) is 33.4 Å². The molecular weight excluding hydrogens is 330 g/mol. The van der Waals surface area contributed by atoms with E-state index in [1.165, 1.54) is 0 Å². The van der Waals surface area contributed by atoms with Crippen LogP contribution in [0.5, 0.6) is 0 Å². The fourth-order valence-corrected chi connectivity index (χ4v) is 3.64. The Bertz CT molecular complexity index is 435. The molecule has 4 heteroatoms. The lowest BCUT2D eigenvalue weighted by Gasteiger charge is -2.39. The lowest BCUT2D eigenvalue weighted by Crippen LogP contribution is -2.44. The molecule has 1 heterocycles. The molecule has 0 spiro atoms. The van der Waals surface area contributed by atoms with Gasteiger partial charge in [0, 0.05) is 30.7 Å². The van der Waals surface area contributed by atoms with Gasteiger partial charge in [0.25, 0.3) is 0 Å². The number of piperidine rings is 1. The van der Waals surface area contributed by atoms with Crippen molar-refractivity contribution in [2.45, 2.75) is 37.7 Å². The third-order valence-electron chi connectivity index (χ3n) is 4.45. The van der Waals surface area contributed by atoms with Crippen molar-refractivity contribution in [3.63, 3.8) is 0 Å². The Kier molecular flexibility index (Phi) is 6.68. The average molecular weight is 356 g/mol. The Morgan fingerprint density at radius 2 is 2.29 bits per heavy atom. The molecule has 0 aromatic heterocycles. The van der Waals surface area contributed by atoms with E-state index in [1.807, 2.05) is 12.1 Å². The van der Waals surface area contributed by atoms with Gasteiger partial charge >= 0.3 is 0 Å². The van der Waals surface area contributed by atoms with Crippen molar-refractivity contribution in [1.29, 1.82) is 0 Å². The minimum absolute atomic E-state index is 0.281. The van der Waals surface area contributed by atoms with Crippen molar-refractivity contribution < 1.29 is 9.84 Å². The molecule has 118 valence electrons. The van der Waals surface area contributed by atoms with Gasteiger partial charge in [-0.05, 0) is 56.3 Å². The van der Waals surface area contributed by atoms with Crippen LogP contribution in [0, 0.1) is 5.92 Å². The van der Waals surface area contributed by atoms with Gasteiger partial charge in [-0.15, -0.1) is 0 Å². The Morgan fingerprint density at radius 3 is 2.95 bits per heavy atom. The first kappa shape index (κ1) is 16.9. The van der Waals surface area contributed by atoms with E-state index in [0.717, 1.165) is 61.8 Å². The zero-order valence-corrected chi connectivity index (χ0v) is 14.4. The maximum Gasteiger partial charge on any atom is 0.0937 e. The largest absolute Gasteiger partial charge is 0.385 e. The summed E-state index contributed by atoms with van der Waals surface area (Å²) >= 11 is 3.52. The topological polar surface area (TPSA) is 41.5 Å². The highest BCUT2D eigenvalue weighted by molar-refractivity contribution is 9.10. The summed E-state index contributed by atoms with van der Waals surface area (Å²) in [6.45, 7) is 2.72. The number of hydrogen-bond donors (Lipinski definition) is 2. The van der Waals surface area contributed by atoms with Crippen LogP contribution >= 0.6 is 15.9 Å². The first-order chi connectivity index (χ1) is 10.2. The molecule has 0 unspecified atom stereocenters. The molecule has 0 amide bonds. The van der Waals surface area contributed by atoms with Crippen LogP contribution in [-0.2, 0) is 10.3 Å². The van der Waals surface area contributed by atoms with Crippen LogP contribution < -0.4 is 5.32 Å². The van der Waals surface area contributed by atoms with E-state index in [0.29, 0.717) is 0 Å². The smallest absolute Gasteiger partial charge is 0.0937 e. The molecule has 3 nitrogen and oxygen atoms in total. The van der Waals surface area contributed by atoms with E-state index in [4.69, 9.17) is 4.74 Å². The number of ether oxygens (including phenoxy) is 1. The SMILES string of the molecule is COCCCC[C@@](O)(c1cccc(Br)c1)[C@@H]1CCCNC1. The monoisotopic (exact) mass is 355 g/mol. The lowest BCUT2D eigenvalue weighted by atomic mass is 9.74. The number of nitrogens with one attached hydrogen (secondary N) is 1. The molecule has 2 N–H and O–H groups in total. The number of benzene rings is 1. The van der Waals surface area contributed by atoms with E-state index in [1.54, 1.807) is 7.11 Å². The van der Waals surface area contributed by atoms with E-state index in [-0.39, 0.29) is 5.92 Å². The first-order valence-corrected chi connectivity index (χ1v) is 8.64. The van der Waals surface area contributed by atoms with Gasteiger partial charge in [-0.3, -0.25) is 0 Å². The minimum atomic E-state index is -0.745. The van der Waals surface area contributed by atoms with Gasteiger partial charge < -0.3 is 15.2 Å².